The van der Waals surface area contributed by atoms with Crippen LogP contribution in [0.4, 0.5) is 36.8 Å². The normalized spacial score (nSPS) is 21.5. The van der Waals surface area contributed by atoms with E-state index >= 15 is 0 Å². The van der Waals surface area contributed by atoms with Crippen LogP contribution in [0.2, 0.25) is 0 Å². The summed E-state index contributed by atoms with van der Waals surface area (Å²) in [4.78, 5) is 25.6. The van der Waals surface area contributed by atoms with Gasteiger partial charge in [0.05, 0.1) is 11.1 Å². The molecule has 2 bridgehead atoms. The molecule has 2 aromatic rings. The largest absolute Gasteiger partial charge is 0.490 e. The molecule has 2 saturated heterocycles. The summed E-state index contributed by atoms with van der Waals surface area (Å²) in [6.07, 6.45) is -7.76. The molecule has 4 rings (SSSR count). The highest BCUT2D eigenvalue weighted by Crippen LogP contribution is 2.41. The summed E-state index contributed by atoms with van der Waals surface area (Å²) in [6.45, 7) is 1.22. The van der Waals surface area contributed by atoms with Crippen molar-refractivity contribution in [3.63, 3.8) is 0 Å². The molecule has 0 aromatic heterocycles. The molecule has 3 amide bonds. The van der Waals surface area contributed by atoms with Crippen LogP contribution >= 0.6 is 0 Å². The zero-order valence-electron chi connectivity index (χ0n) is 19.7. The topological polar surface area (TPSA) is 70.7 Å². The van der Waals surface area contributed by atoms with Crippen LogP contribution in [0, 0.1) is 0 Å². The van der Waals surface area contributed by atoms with Gasteiger partial charge in [0, 0.05) is 44.1 Å². The number of hydrogen-bond donors (Lipinski definition) is 2. The maximum atomic E-state index is 13.7. The van der Waals surface area contributed by atoms with E-state index < -0.39 is 35.6 Å². The van der Waals surface area contributed by atoms with Gasteiger partial charge in [-0.25, -0.2) is 4.79 Å². The van der Waals surface area contributed by atoms with Gasteiger partial charge < -0.3 is 20.3 Å². The van der Waals surface area contributed by atoms with Crippen LogP contribution in [0.1, 0.15) is 49.3 Å². The Morgan fingerprint density at radius 2 is 1.57 bits per heavy atom. The molecule has 12 heteroatoms. The number of nitrogens with one attached hydrogen (secondary N) is 2. The summed E-state index contributed by atoms with van der Waals surface area (Å²) < 4.78 is 85.3. The molecule has 2 atom stereocenters. The van der Waals surface area contributed by atoms with Gasteiger partial charge in [0.15, 0.2) is 0 Å². The van der Waals surface area contributed by atoms with Crippen molar-refractivity contribution in [3.05, 3.63) is 59.2 Å². The van der Waals surface area contributed by atoms with E-state index in [0.29, 0.717) is 25.7 Å². The monoisotopic (exact) mass is 529 g/mol. The Balaban J connectivity index is 1.42. The third kappa shape index (κ3) is 6.28. The Kier molecular flexibility index (Phi) is 7.29. The van der Waals surface area contributed by atoms with E-state index in [4.69, 9.17) is 4.74 Å². The average Bonchev–Trinajstić information content (AvgIpc) is 3.08. The number of urea groups is 1. The molecule has 2 aromatic carbocycles. The minimum Gasteiger partial charge on any atom is -0.490 e. The molecule has 6 nitrogen and oxygen atoms in total. The fourth-order valence-electron chi connectivity index (χ4n) is 4.90. The van der Waals surface area contributed by atoms with Gasteiger partial charge in [-0.1, -0.05) is 6.07 Å². The standard InChI is InChI=1S/C25H25F6N3O3/c1-14(35)32-13-15-2-9-22(21(10-15)25(29,30)31)37-20-11-18-7-8-19(12-20)34(18)23(36)33-17-5-3-16(4-6-17)24(26,27)28/h2-6,9-10,18-20H,7-8,11-13H2,1H3,(H,32,35)(H,33,36). The molecule has 0 spiro atoms. The zero-order chi connectivity index (χ0) is 27.0. The van der Waals surface area contributed by atoms with Gasteiger partial charge in [0.1, 0.15) is 11.9 Å². The maximum absolute atomic E-state index is 13.7. The van der Waals surface area contributed by atoms with Crippen LogP contribution < -0.4 is 15.4 Å². The summed E-state index contributed by atoms with van der Waals surface area (Å²) in [6, 6.07) is 6.75. The Morgan fingerprint density at radius 3 is 2.11 bits per heavy atom. The fraction of sp³-hybridized carbons (Fsp3) is 0.440. The molecular weight excluding hydrogens is 504 g/mol. The van der Waals surface area contributed by atoms with Gasteiger partial charge in [0.25, 0.3) is 0 Å². The van der Waals surface area contributed by atoms with Crippen LogP contribution in [0.15, 0.2) is 42.5 Å². The molecule has 2 heterocycles. The number of carbonyl (C=O) groups excluding carboxylic acids is 2. The van der Waals surface area contributed by atoms with Crippen LogP contribution in [0.25, 0.3) is 0 Å². The van der Waals surface area contributed by atoms with Crippen LogP contribution in [-0.4, -0.2) is 35.0 Å². The van der Waals surface area contributed by atoms with Crippen molar-refractivity contribution in [2.45, 2.75) is 69.7 Å². The van der Waals surface area contributed by atoms with Gasteiger partial charge in [-0.2, -0.15) is 26.3 Å². The van der Waals surface area contributed by atoms with Crippen LogP contribution in [0.5, 0.6) is 5.75 Å². The Labute approximate surface area is 209 Å². The highest BCUT2D eigenvalue weighted by molar-refractivity contribution is 5.90. The Bertz CT molecular complexity index is 1140. The second kappa shape index (κ2) is 10.1. The molecule has 37 heavy (non-hydrogen) atoms. The predicted octanol–water partition coefficient (Wildman–Crippen LogP) is 5.97. The molecule has 2 aliphatic rings. The van der Waals surface area contributed by atoms with E-state index in [0.717, 1.165) is 18.2 Å². The van der Waals surface area contributed by atoms with Gasteiger partial charge in [0.2, 0.25) is 5.91 Å². The lowest BCUT2D eigenvalue weighted by molar-refractivity contribution is -0.139. The highest BCUT2D eigenvalue weighted by Gasteiger charge is 2.45. The fourth-order valence-corrected chi connectivity index (χ4v) is 4.90. The number of halogens is 6. The molecule has 200 valence electrons. The number of benzene rings is 2. The highest BCUT2D eigenvalue weighted by atomic mass is 19.4. The van der Waals surface area contributed by atoms with Crippen molar-refractivity contribution in [1.29, 1.82) is 0 Å². The number of alkyl halides is 6. The molecule has 2 aliphatic heterocycles. The van der Waals surface area contributed by atoms with E-state index in [-0.39, 0.29) is 41.5 Å². The Morgan fingerprint density at radius 1 is 0.946 bits per heavy atom. The first-order chi connectivity index (χ1) is 17.3. The number of hydrogen-bond acceptors (Lipinski definition) is 3. The third-order valence-corrected chi connectivity index (χ3v) is 6.57. The molecule has 0 radical (unpaired) electrons. The zero-order valence-corrected chi connectivity index (χ0v) is 19.7. The summed E-state index contributed by atoms with van der Waals surface area (Å²) in [5.41, 5.74) is -1.27. The SMILES string of the molecule is CC(=O)NCc1ccc(OC2CC3CCC(C2)N3C(=O)Nc2ccc(C(F)(F)F)cc2)c(C(F)(F)F)c1. The van der Waals surface area contributed by atoms with Gasteiger partial charge in [-0.05, 0) is 54.8 Å². The quantitative estimate of drug-likeness (QED) is 0.469. The van der Waals surface area contributed by atoms with Crippen molar-refractivity contribution < 1.29 is 40.7 Å². The molecular formula is C25H25F6N3O3. The first kappa shape index (κ1) is 26.6. The smallest absolute Gasteiger partial charge is 0.419 e. The van der Waals surface area contributed by atoms with Crippen molar-refractivity contribution in [1.82, 2.24) is 10.2 Å². The minimum absolute atomic E-state index is 0.0464. The number of nitrogens with zero attached hydrogens (tertiary/aromatic N) is 1. The number of fused-ring (bicyclic) bond motifs is 2. The molecule has 2 N–H and O–H groups in total. The van der Waals surface area contributed by atoms with E-state index in [2.05, 4.69) is 10.6 Å². The minimum atomic E-state index is -4.66. The second-order valence-electron chi connectivity index (χ2n) is 9.25. The van der Waals surface area contributed by atoms with Crippen molar-refractivity contribution in [2.75, 3.05) is 5.32 Å². The van der Waals surface area contributed by atoms with Crippen LogP contribution in [-0.2, 0) is 23.7 Å². The number of ether oxygens (including phenoxy) is 1. The molecule has 2 unspecified atom stereocenters. The van der Waals surface area contributed by atoms with Gasteiger partial charge in [-0.15, -0.1) is 0 Å². The number of piperidine rings is 1. The summed E-state index contributed by atoms with van der Waals surface area (Å²) in [5.74, 6) is -0.676. The van der Waals surface area contributed by atoms with Gasteiger partial charge in [-0.3, -0.25) is 4.79 Å². The lowest BCUT2D eigenvalue weighted by Gasteiger charge is -2.39. The van der Waals surface area contributed by atoms with E-state index in [1.165, 1.54) is 31.2 Å². The van der Waals surface area contributed by atoms with Crippen molar-refractivity contribution >= 4 is 17.6 Å². The van der Waals surface area contributed by atoms with E-state index in [1.807, 2.05) is 0 Å². The third-order valence-electron chi connectivity index (χ3n) is 6.57. The first-order valence-electron chi connectivity index (χ1n) is 11.7. The van der Waals surface area contributed by atoms with E-state index in [9.17, 15) is 35.9 Å². The maximum Gasteiger partial charge on any atom is 0.419 e. The molecule has 0 aliphatic carbocycles. The molecule has 2 fully saturated rings. The summed E-state index contributed by atoms with van der Waals surface area (Å²) in [7, 11) is 0. The number of amides is 3. The number of carbonyl (C=O) groups is 2. The first-order valence-corrected chi connectivity index (χ1v) is 11.7. The number of rotatable bonds is 5. The number of anilines is 1. The predicted molar refractivity (Wildman–Crippen MR) is 122 cm³/mol. The summed E-state index contributed by atoms with van der Waals surface area (Å²) >= 11 is 0. The lowest BCUT2D eigenvalue weighted by atomic mass is 9.99. The van der Waals surface area contributed by atoms with E-state index in [1.54, 1.807) is 4.90 Å². The second-order valence-corrected chi connectivity index (χ2v) is 9.25. The average molecular weight is 529 g/mol. The molecule has 0 saturated carbocycles. The van der Waals surface area contributed by atoms with Crippen LogP contribution in [0.3, 0.4) is 0 Å². The Hall–Kier alpha value is -3.44. The van der Waals surface area contributed by atoms with Crippen molar-refractivity contribution in [3.8, 4) is 5.75 Å². The lowest BCUT2D eigenvalue weighted by Crippen LogP contribution is -2.50. The van der Waals surface area contributed by atoms with Gasteiger partial charge >= 0.3 is 18.4 Å². The summed E-state index contributed by atoms with van der Waals surface area (Å²) in [5, 5.41) is 5.07. The van der Waals surface area contributed by atoms with Crippen molar-refractivity contribution in [2.24, 2.45) is 0 Å².